The van der Waals surface area contributed by atoms with Crippen LogP contribution in [0.4, 0.5) is 0 Å². The second kappa shape index (κ2) is 5.79. The molecule has 96 valence electrons. The van der Waals surface area contributed by atoms with E-state index in [1.54, 1.807) is 42.5 Å². The Kier molecular flexibility index (Phi) is 4.39. The quantitative estimate of drug-likeness (QED) is 0.762. The van der Waals surface area contributed by atoms with Crippen LogP contribution in [0.2, 0.25) is 0 Å². The highest BCUT2D eigenvalue weighted by atomic mass is 16.5. The van der Waals surface area contributed by atoms with Crippen molar-refractivity contribution < 1.29 is 14.3 Å². The van der Waals surface area contributed by atoms with Gasteiger partial charge in [-0.25, -0.2) is 0 Å². The molecular formula is C14H12N2O3. The van der Waals surface area contributed by atoms with Crippen LogP contribution in [-0.2, 0) is 14.3 Å². The molecule has 1 aromatic carbocycles. The van der Waals surface area contributed by atoms with Crippen molar-refractivity contribution in [2.75, 3.05) is 7.11 Å². The third-order valence-corrected chi connectivity index (χ3v) is 2.91. The summed E-state index contributed by atoms with van der Waals surface area (Å²) in [5.74, 6) is -2.73. The van der Waals surface area contributed by atoms with Crippen LogP contribution in [-0.4, -0.2) is 18.9 Å². The summed E-state index contributed by atoms with van der Waals surface area (Å²) in [6.07, 6.45) is 0. The fourth-order valence-electron chi connectivity index (χ4n) is 1.84. The SMILES string of the molecule is COC(=O)C(c1ccccc1)C(C#N)(C#N)C(C)=O. The van der Waals surface area contributed by atoms with Crippen molar-refractivity contribution in [2.45, 2.75) is 12.8 Å². The Balaban J connectivity index is 3.50. The minimum absolute atomic E-state index is 0.396. The van der Waals surface area contributed by atoms with Gasteiger partial charge in [0, 0.05) is 0 Å². The van der Waals surface area contributed by atoms with Crippen molar-refractivity contribution in [3.63, 3.8) is 0 Å². The van der Waals surface area contributed by atoms with Crippen LogP contribution in [0.25, 0.3) is 0 Å². The van der Waals surface area contributed by atoms with Gasteiger partial charge in [0.05, 0.1) is 19.2 Å². The van der Waals surface area contributed by atoms with Gasteiger partial charge in [0.2, 0.25) is 5.41 Å². The molecule has 0 bridgehead atoms. The molecule has 5 nitrogen and oxygen atoms in total. The number of ether oxygens (including phenoxy) is 1. The van der Waals surface area contributed by atoms with Gasteiger partial charge in [-0.1, -0.05) is 30.3 Å². The Labute approximate surface area is 111 Å². The molecule has 0 amide bonds. The number of esters is 1. The molecule has 5 heteroatoms. The van der Waals surface area contributed by atoms with E-state index in [9.17, 15) is 20.1 Å². The predicted molar refractivity (Wildman–Crippen MR) is 65.5 cm³/mol. The first-order valence-electron chi connectivity index (χ1n) is 5.49. The maximum absolute atomic E-state index is 11.9. The summed E-state index contributed by atoms with van der Waals surface area (Å²) in [4.78, 5) is 23.6. The number of hydrogen-bond acceptors (Lipinski definition) is 5. The second-order valence-corrected chi connectivity index (χ2v) is 3.95. The summed E-state index contributed by atoms with van der Waals surface area (Å²) in [6.45, 7) is 1.12. The molecule has 0 saturated carbocycles. The smallest absolute Gasteiger partial charge is 0.316 e. The van der Waals surface area contributed by atoms with Crippen molar-refractivity contribution in [3.05, 3.63) is 35.9 Å². The van der Waals surface area contributed by atoms with Gasteiger partial charge in [-0.3, -0.25) is 9.59 Å². The molecule has 0 aliphatic heterocycles. The van der Waals surface area contributed by atoms with Gasteiger partial charge in [0.15, 0.2) is 5.78 Å². The highest BCUT2D eigenvalue weighted by Crippen LogP contribution is 2.37. The van der Waals surface area contributed by atoms with E-state index in [-0.39, 0.29) is 0 Å². The van der Waals surface area contributed by atoms with Crippen molar-refractivity contribution in [2.24, 2.45) is 5.41 Å². The minimum atomic E-state index is -2.07. The summed E-state index contributed by atoms with van der Waals surface area (Å²) < 4.78 is 4.63. The maximum Gasteiger partial charge on any atom is 0.316 e. The van der Waals surface area contributed by atoms with Gasteiger partial charge in [-0.15, -0.1) is 0 Å². The minimum Gasteiger partial charge on any atom is -0.468 e. The van der Waals surface area contributed by atoms with Crippen molar-refractivity contribution >= 4 is 11.8 Å². The second-order valence-electron chi connectivity index (χ2n) is 3.95. The van der Waals surface area contributed by atoms with Gasteiger partial charge in [0.1, 0.15) is 5.92 Å². The maximum atomic E-state index is 11.9. The Morgan fingerprint density at radius 2 is 1.74 bits per heavy atom. The molecule has 1 aromatic rings. The molecule has 1 unspecified atom stereocenters. The van der Waals surface area contributed by atoms with Gasteiger partial charge in [-0.05, 0) is 12.5 Å². The van der Waals surface area contributed by atoms with Crippen LogP contribution in [0, 0.1) is 28.1 Å². The standard InChI is InChI=1S/C14H12N2O3/c1-10(17)14(8-15,9-16)12(13(18)19-2)11-6-4-3-5-7-11/h3-7,12H,1-2H3. The summed E-state index contributed by atoms with van der Waals surface area (Å²) in [5.41, 5.74) is -1.68. The molecule has 0 saturated heterocycles. The number of rotatable bonds is 4. The van der Waals surface area contributed by atoms with Gasteiger partial charge in [0.25, 0.3) is 0 Å². The van der Waals surface area contributed by atoms with E-state index in [4.69, 9.17) is 0 Å². The number of carbonyl (C=O) groups is 2. The normalized spacial score (nSPS) is 11.8. The predicted octanol–water partition coefficient (Wildman–Crippen LogP) is 1.57. The lowest BCUT2D eigenvalue weighted by Gasteiger charge is -2.24. The lowest BCUT2D eigenvalue weighted by Crippen LogP contribution is -2.38. The van der Waals surface area contributed by atoms with E-state index >= 15 is 0 Å². The van der Waals surface area contributed by atoms with E-state index in [0.717, 1.165) is 14.0 Å². The number of carbonyl (C=O) groups excluding carboxylic acids is 2. The molecule has 0 spiro atoms. The number of nitrogens with zero attached hydrogens (tertiary/aromatic N) is 2. The first kappa shape index (κ1) is 14.4. The Morgan fingerprint density at radius 1 is 1.21 bits per heavy atom. The van der Waals surface area contributed by atoms with Crippen LogP contribution in [0.15, 0.2) is 30.3 Å². The summed E-state index contributed by atoms with van der Waals surface area (Å²) in [6, 6.07) is 11.5. The monoisotopic (exact) mass is 256 g/mol. The lowest BCUT2D eigenvalue weighted by atomic mass is 9.71. The highest BCUT2D eigenvalue weighted by molar-refractivity contribution is 5.96. The van der Waals surface area contributed by atoms with Crippen LogP contribution >= 0.6 is 0 Å². The molecule has 0 aliphatic rings. The molecule has 0 heterocycles. The number of methoxy groups -OCH3 is 1. The van der Waals surface area contributed by atoms with Crippen LogP contribution in [0.5, 0.6) is 0 Å². The van der Waals surface area contributed by atoms with Crippen LogP contribution in [0.1, 0.15) is 18.4 Å². The summed E-state index contributed by atoms with van der Waals surface area (Å²) in [5, 5.41) is 18.4. The van der Waals surface area contributed by atoms with Gasteiger partial charge >= 0.3 is 5.97 Å². The Morgan fingerprint density at radius 3 is 2.11 bits per heavy atom. The topological polar surface area (TPSA) is 90.9 Å². The Bertz CT molecular complexity index is 553. The Hall–Kier alpha value is -2.66. The van der Waals surface area contributed by atoms with E-state index in [0.29, 0.717) is 5.56 Å². The average molecular weight is 256 g/mol. The molecular weight excluding hydrogens is 244 g/mol. The number of Topliss-reactive ketones (excluding diaryl/α,β-unsaturated/α-hetero) is 1. The van der Waals surface area contributed by atoms with Crippen molar-refractivity contribution in [1.82, 2.24) is 0 Å². The first-order chi connectivity index (χ1) is 9.03. The molecule has 0 aromatic heterocycles. The van der Waals surface area contributed by atoms with Crippen LogP contribution in [0.3, 0.4) is 0 Å². The number of ketones is 1. The fourth-order valence-corrected chi connectivity index (χ4v) is 1.84. The third kappa shape index (κ3) is 2.46. The number of benzene rings is 1. The largest absolute Gasteiger partial charge is 0.468 e. The lowest BCUT2D eigenvalue weighted by molar-refractivity contribution is -0.146. The molecule has 1 rings (SSSR count). The average Bonchev–Trinajstić information content (AvgIpc) is 2.44. The zero-order valence-electron chi connectivity index (χ0n) is 10.6. The summed E-state index contributed by atoms with van der Waals surface area (Å²) >= 11 is 0. The zero-order chi connectivity index (χ0) is 14.5. The van der Waals surface area contributed by atoms with E-state index in [2.05, 4.69) is 4.74 Å². The number of hydrogen-bond donors (Lipinski definition) is 0. The highest BCUT2D eigenvalue weighted by Gasteiger charge is 2.50. The van der Waals surface area contributed by atoms with E-state index in [1.807, 2.05) is 0 Å². The molecule has 19 heavy (non-hydrogen) atoms. The van der Waals surface area contributed by atoms with Gasteiger partial charge in [-0.2, -0.15) is 10.5 Å². The van der Waals surface area contributed by atoms with Crippen molar-refractivity contribution in [3.8, 4) is 12.1 Å². The van der Waals surface area contributed by atoms with Gasteiger partial charge < -0.3 is 4.74 Å². The zero-order valence-corrected chi connectivity index (χ0v) is 10.6. The fraction of sp³-hybridized carbons (Fsp3) is 0.286. The molecule has 0 radical (unpaired) electrons. The van der Waals surface area contributed by atoms with Crippen LogP contribution < -0.4 is 0 Å². The van der Waals surface area contributed by atoms with E-state index < -0.39 is 23.1 Å². The first-order valence-corrected chi connectivity index (χ1v) is 5.49. The molecule has 0 aliphatic carbocycles. The van der Waals surface area contributed by atoms with E-state index in [1.165, 1.54) is 0 Å². The molecule has 1 atom stereocenters. The molecule has 0 N–H and O–H groups in total. The van der Waals surface area contributed by atoms with Crippen molar-refractivity contribution in [1.29, 1.82) is 10.5 Å². The number of nitriles is 2. The third-order valence-electron chi connectivity index (χ3n) is 2.91. The molecule has 0 fully saturated rings. The summed E-state index contributed by atoms with van der Waals surface area (Å²) in [7, 11) is 1.15.